The van der Waals surface area contributed by atoms with Crippen LogP contribution in [0.5, 0.6) is 0 Å². The minimum atomic E-state index is -0.260. The highest BCUT2D eigenvalue weighted by Crippen LogP contribution is 2.19. The maximum Gasteiger partial charge on any atom is 0.223 e. The Morgan fingerprint density at radius 2 is 2.06 bits per heavy atom. The van der Waals surface area contributed by atoms with E-state index < -0.39 is 0 Å². The van der Waals surface area contributed by atoms with Crippen molar-refractivity contribution in [3.63, 3.8) is 0 Å². The average molecular weight is 231 g/mol. The lowest BCUT2D eigenvalue weighted by Crippen LogP contribution is -2.03. The Morgan fingerprint density at radius 1 is 1.24 bits per heavy atom. The van der Waals surface area contributed by atoms with Gasteiger partial charge in [0.1, 0.15) is 5.82 Å². The lowest BCUT2D eigenvalue weighted by atomic mass is 10.1. The van der Waals surface area contributed by atoms with Gasteiger partial charge in [-0.3, -0.25) is 0 Å². The largest absolute Gasteiger partial charge is 0.354 e. The standard InChI is InChI=1S/C13H14FN3/c1-3-15-13-16-9(2)7-12(17-13)10-5-4-6-11(14)8-10/h4-8H,3H2,1-2H3,(H,15,16,17). The minimum absolute atomic E-state index is 0.260. The number of anilines is 1. The molecule has 3 nitrogen and oxygen atoms in total. The van der Waals surface area contributed by atoms with Crippen LogP contribution in [0.2, 0.25) is 0 Å². The molecule has 0 saturated heterocycles. The van der Waals surface area contributed by atoms with Gasteiger partial charge in [-0.1, -0.05) is 12.1 Å². The van der Waals surface area contributed by atoms with Gasteiger partial charge in [0.05, 0.1) is 5.69 Å². The van der Waals surface area contributed by atoms with Gasteiger partial charge in [0.15, 0.2) is 0 Å². The summed E-state index contributed by atoms with van der Waals surface area (Å²) in [6.45, 7) is 4.63. The first kappa shape index (κ1) is 11.5. The molecule has 1 heterocycles. The Kier molecular flexibility index (Phi) is 3.32. The number of rotatable bonds is 3. The van der Waals surface area contributed by atoms with Crippen LogP contribution in [-0.2, 0) is 0 Å². The smallest absolute Gasteiger partial charge is 0.223 e. The molecule has 0 aliphatic heterocycles. The molecule has 0 spiro atoms. The molecule has 1 aromatic heterocycles. The van der Waals surface area contributed by atoms with Crippen LogP contribution < -0.4 is 5.32 Å². The molecule has 2 aromatic rings. The van der Waals surface area contributed by atoms with E-state index in [0.29, 0.717) is 5.95 Å². The highest BCUT2D eigenvalue weighted by atomic mass is 19.1. The summed E-state index contributed by atoms with van der Waals surface area (Å²) in [5.41, 5.74) is 2.35. The van der Waals surface area contributed by atoms with Crippen molar-refractivity contribution in [1.82, 2.24) is 9.97 Å². The second kappa shape index (κ2) is 4.91. The van der Waals surface area contributed by atoms with Gasteiger partial charge < -0.3 is 5.32 Å². The van der Waals surface area contributed by atoms with Crippen molar-refractivity contribution in [2.75, 3.05) is 11.9 Å². The zero-order valence-corrected chi connectivity index (χ0v) is 9.87. The van der Waals surface area contributed by atoms with E-state index in [2.05, 4.69) is 15.3 Å². The van der Waals surface area contributed by atoms with Crippen molar-refractivity contribution < 1.29 is 4.39 Å². The summed E-state index contributed by atoms with van der Waals surface area (Å²) >= 11 is 0. The van der Waals surface area contributed by atoms with Crippen LogP contribution in [0.1, 0.15) is 12.6 Å². The third-order valence-electron chi connectivity index (χ3n) is 2.31. The Morgan fingerprint density at radius 3 is 2.76 bits per heavy atom. The molecule has 0 amide bonds. The van der Waals surface area contributed by atoms with Crippen molar-refractivity contribution in [2.45, 2.75) is 13.8 Å². The van der Waals surface area contributed by atoms with Crippen molar-refractivity contribution in [3.8, 4) is 11.3 Å². The number of hydrogen-bond acceptors (Lipinski definition) is 3. The third kappa shape index (κ3) is 2.78. The lowest BCUT2D eigenvalue weighted by molar-refractivity contribution is 0.628. The predicted octanol–water partition coefficient (Wildman–Crippen LogP) is 3.02. The van der Waals surface area contributed by atoms with E-state index in [9.17, 15) is 4.39 Å². The first-order valence-electron chi connectivity index (χ1n) is 5.54. The molecule has 0 aliphatic carbocycles. The van der Waals surface area contributed by atoms with Crippen LogP contribution in [0.25, 0.3) is 11.3 Å². The summed E-state index contributed by atoms with van der Waals surface area (Å²) in [6.07, 6.45) is 0. The number of aromatic nitrogens is 2. The molecule has 88 valence electrons. The number of aryl methyl sites for hydroxylation is 1. The van der Waals surface area contributed by atoms with E-state index in [-0.39, 0.29) is 5.82 Å². The molecule has 0 saturated carbocycles. The summed E-state index contributed by atoms with van der Waals surface area (Å²) in [6, 6.07) is 8.24. The first-order chi connectivity index (χ1) is 8.19. The van der Waals surface area contributed by atoms with E-state index in [4.69, 9.17) is 0 Å². The number of hydrogen-bond donors (Lipinski definition) is 1. The fourth-order valence-corrected chi connectivity index (χ4v) is 1.60. The zero-order chi connectivity index (χ0) is 12.3. The summed E-state index contributed by atoms with van der Waals surface area (Å²) in [4.78, 5) is 8.60. The van der Waals surface area contributed by atoms with Crippen LogP contribution in [0.15, 0.2) is 30.3 Å². The quantitative estimate of drug-likeness (QED) is 0.882. The summed E-state index contributed by atoms with van der Waals surface area (Å²) in [5.74, 6) is 0.315. The molecular formula is C13H14FN3. The van der Waals surface area contributed by atoms with Crippen molar-refractivity contribution in [1.29, 1.82) is 0 Å². The Labute approximate surface area is 99.7 Å². The SMILES string of the molecule is CCNc1nc(C)cc(-c2cccc(F)c2)n1. The second-order valence-corrected chi connectivity index (χ2v) is 3.76. The number of benzene rings is 1. The Bertz CT molecular complexity index is 526. The van der Waals surface area contributed by atoms with E-state index >= 15 is 0 Å². The molecule has 17 heavy (non-hydrogen) atoms. The summed E-state index contributed by atoms with van der Waals surface area (Å²) < 4.78 is 13.1. The fraction of sp³-hybridized carbons (Fsp3) is 0.231. The van der Waals surface area contributed by atoms with Crippen LogP contribution >= 0.6 is 0 Å². The summed E-state index contributed by atoms with van der Waals surface area (Å²) in [5, 5.41) is 3.06. The molecule has 1 N–H and O–H groups in total. The minimum Gasteiger partial charge on any atom is -0.354 e. The highest BCUT2D eigenvalue weighted by molar-refractivity contribution is 5.60. The topological polar surface area (TPSA) is 37.8 Å². The van der Waals surface area contributed by atoms with Gasteiger partial charge >= 0.3 is 0 Å². The number of halogens is 1. The van der Waals surface area contributed by atoms with Crippen molar-refractivity contribution in [2.24, 2.45) is 0 Å². The average Bonchev–Trinajstić information content (AvgIpc) is 2.28. The molecule has 0 radical (unpaired) electrons. The maximum absolute atomic E-state index is 13.1. The lowest BCUT2D eigenvalue weighted by Gasteiger charge is -2.06. The van der Waals surface area contributed by atoms with Crippen LogP contribution in [0.3, 0.4) is 0 Å². The normalized spacial score (nSPS) is 10.3. The first-order valence-corrected chi connectivity index (χ1v) is 5.54. The van der Waals surface area contributed by atoms with Gasteiger partial charge in [-0.15, -0.1) is 0 Å². The summed E-state index contributed by atoms with van der Waals surface area (Å²) in [7, 11) is 0. The van der Waals surface area contributed by atoms with E-state index in [1.165, 1.54) is 12.1 Å². The Balaban J connectivity index is 2.44. The van der Waals surface area contributed by atoms with Crippen molar-refractivity contribution in [3.05, 3.63) is 41.8 Å². The van der Waals surface area contributed by atoms with Gasteiger partial charge in [0.25, 0.3) is 0 Å². The van der Waals surface area contributed by atoms with Gasteiger partial charge in [-0.05, 0) is 32.0 Å². The van der Waals surface area contributed by atoms with E-state index in [1.807, 2.05) is 26.0 Å². The number of nitrogens with one attached hydrogen (secondary N) is 1. The van der Waals surface area contributed by atoms with Crippen LogP contribution in [0.4, 0.5) is 10.3 Å². The highest BCUT2D eigenvalue weighted by Gasteiger charge is 2.04. The molecule has 1 aromatic carbocycles. The molecule has 0 bridgehead atoms. The fourth-order valence-electron chi connectivity index (χ4n) is 1.60. The Hall–Kier alpha value is -1.97. The monoisotopic (exact) mass is 231 g/mol. The molecule has 4 heteroatoms. The van der Waals surface area contributed by atoms with Gasteiger partial charge in [-0.2, -0.15) is 0 Å². The molecular weight excluding hydrogens is 217 g/mol. The molecule has 0 fully saturated rings. The second-order valence-electron chi connectivity index (χ2n) is 3.76. The van der Waals surface area contributed by atoms with E-state index in [1.54, 1.807) is 6.07 Å². The third-order valence-corrected chi connectivity index (χ3v) is 2.31. The predicted molar refractivity (Wildman–Crippen MR) is 66.3 cm³/mol. The van der Waals surface area contributed by atoms with Gasteiger partial charge in [0.2, 0.25) is 5.95 Å². The van der Waals surface area contributed by atoms with Crippen molar-refractivity contribution >= 4 is 5.95 Å². The van der Waals surface area contributed by atoms with Crippen LogP contribution in [-0.4, -0.2) is 16.5 Å². The molecule has 0 unspecified atom stereocenters. The van der Waals surface area contributed by atoms with Gasteiger partial charge in [0, 0.05) is 17.8 Å². The number of nitrogens with zero attached hydrogens (tertiary/aromatic N) is 2. The van der Waals surface area contributed by atoms with E-state index in [0.717, 1.165) is 23.5 Å². The molecule has 0 atom stereocenters. The van der Waals surface area contributed by atoms with Gasteiger partial charge in [-0.25, -0.2) is 14.4 Å². The molecule has 0 aliphatic rings. The zero-order valence-electron chi connectivity index (χ0n) is 9.87. The molecule has 2 rings (SSSR count). The van der Waals surface area contributed by atoms with Crippen LogP contribution in [0, 0.1) is 12.7 Å². The maximum atomic E-state index is 13.1.